The van der Waals surface area contributed by atoms with E-state index >= 15 is 0 Å². The molecule has 0 aliphatic carbocycles. The average Bonchev–Trinajstić information content (AvgIpc) is 2.67. The summed E-state index contributed by atoms with van der Waals surface area (Å²) < 4.78 is 50.0. The average molecular weight is 451 g/mol. The fraction of sp³-hybridized carbons (Fsp3) is 0.263. The van der Waals surface area contributed by atoms with Crippen LogP contribution in [0.2, 0.25) is 10.0 Å². The Labute approximate surface area is 174 Å². The molecule has 10 heteroatoms. The highest BCUT2D eigenvalue weighted by atomic mass is 35.5. The minimum Gasteiger partial charge on any atom is -0.480 e. The zero-order valence-electron chi connectivity index (χ0n) is 15.0. The molecule has 0 spiro atoms. The van der Waals surface area contributed by atoms with E-state index in [0.29, 0.717) is 5.56 Å². The molecule has 0 fully saturated rings. The molecule has 156 valence electrons. The third-order valence-electron chi connectivity index (χ3n) is 3.73. The van der Waals surface area contributed by atoms with Crippen molar-refractivity contribution in [2.24, 2.45) is 0 Å². The molecule has 0 aromatic heterocycles. The number of carbonyl (C=O) groups is 2. The number of ketones is 1. The molecule has 2 aromatic carbocycles. The summed E-state index contributed by atoms with van der Waals surface area (Å²) in [6.45, 7) is -0.335. The number of ether oxygens (including phenoxy) is 3. The van der Waals surface area contributed by atoms with E-state index in [4.69, 9.17) is 27.9 Å². The third-order valence-corrected chi connectivity index (χ3v) is 4.64. The first-order valence-corrected chi connectivity index (χ1v) is 8.92. The Balaban J connectivity index is 1.99. The number of benzene rings is 2. The summed E-state index contributed by atoms with van der Waals surface area (Å²) in [7, 11) is 1.22. The molecule has 0 atom stereocenters. The van der Waals surface area contributed by atoms with Gasteiger partial charge >= 0.3 is 12.3 Å². The molecule has 0 amide bonds. The Hall–Kier alpha value is -2.45. The molecular weight excluding hydrogens is 436 g/mol. The Kier molecular flexibility index (Phi) is 7.75. The molecule has 0 saturated carbocycles. The van der Waals surface area contributed by atoms with Gasteiger partial charge in [-0.2, -0.15) is 0 Å². The first-order chi connectivity index (χ1) is 13.6. The number of hydrogen-bond acceptors (Lipinski definition) is 5. The summed E-state index contributed by atoms with van der Waals surface area (Å²) in [6, 6.07) is 7.76. The van der Waals surface area contributed by atoms with Crippen molar-refractivity contribution in [2.45, 2.75) is 19.2 Å². The lowest BCUT2D eigenvalue weighted by Gasteiger charge is -2.11. The summed E-state index contributed by atoms with van der Waals surface area (Å²) in [6.07, 6.45) is -4.50. The van der Waals surface area contributed by atoms with E-state index in [1.54, 1.807) is 6.07 Å². The van der Waals surface area contributed by atoms with Crippen LogP contribution in [-0.4, -0.2) is 31.8 Å². The van der Waals surface area contributed by atoms with Crippen molar-refractivity contribution >= 4 is 35.0 Å². The summed E-state index contributed by atoms with van der Waals surface area (Å²) in [5, 5.41) is 0.268. The molecule has 0 N–H and O–H groups in total. The Morgan fingerprint density at radius 3 is 2.24 bits per heavy atom. The number of halogens is 5. The Morgan fingerprint density at radius 2 is 1.66 bits per heavy atom. The van der Waals surface area contributed by atoms with Gasteiger partial charge in [-0.25, -0.2) is 4.79 Å². The van der Waals surface area contributed by atoms with Crippen LogP contribution < -0.4 is 9.47 Å². The summed E-state index contributed by atoms with van der Waals surface area (Å²) in [4.78, 5) is 23.4. The second kappa shape index (κ2) is 9.84. The van der Waals surface area contributed by atoms with Crippen LogP contribution in [0.5, 0.6) is 11.5 Å². The fourth-order valence-electron chi connectivity index (χ4n) is 2.31. The number of Topliss-reactive ketones (excluding diaryl/α,β-unsaturated/α-hetero) is 1. The van der Waals surface area contributed by atoms with Crippen molar-refractivity contribution in [2.75, 3.05) is 13.7 Å². The van der Waals surface area contributed by atoms with Crippen LogP contribution in [-0.2, 0) is 16.0 Å². The topological polar surface area (TPSA) is 61.8 Å². The second-order valence-electron chi connectivity index (χ2n) is 5.71. The van der Waals surface area contributed by atoms with Crippen molar-refractivity contribution in [1.82, 2.24) is 0 Å². The smallest absolute Gasteiger partial charge is 0.480 e. The molecule has 0 saturated heterocycles. The molecule has 5 nitrogen and oxygen atoms in total. The van der Waals surface area contributed by atoms with Gasteiger partial charge < -0.3 is 14.2 Å². The van der Waals surface area contributed by atoms with E-state index in [1.165, 1.54) is 25.3 Å². The summed E-state index contributed by atoms with van der Waals surface area (Å²) >= 11 is 12.3. The van der Waals surface area contributed by atoms with Crippen LogP contribution in [0.4, 0.5) is 13.2 Å². The predicted molar refractivity (Wildman–Crippen MR) is 99.7 cm³/mol. The number of carbonyl (C=O) groups excluding carboxylic acids is 2. The fourth-order valence-corrected chi connectivity index (χ4v) is 2.80. The van der Waals surface area contributed by atoms with Crippen LogP contribution >= 0.6 is 23.2 Å². The summed E-state index contributed by atoms with van der Waals surface area (Å²) in [5.41, 5.74) is 0.812. The highest BCUT2D eigenvalue weighted by molar-refractivity contribution is 6.43. The van der Waals surface area contributed by atoms with E-state index < -0.39 is 18.1 Å². The number of hydrogen-bond donors (Lipinski definition) is 0. The molecular formula is C19H15Cl2F3O5. The third kappa shape index (κ3) is 6.83. The van der Waals surface area contributed by atoms with Gasteiger partial charge in [-0.3, -0.25) is 4.79 Å². The van der Waals surface area contributed by atoms with Crippen molar-refractivity contribution < 1.29 is 37.0 Å². The van der Waals surface area contributed by atoms with Crippen molar-refractivity contribution in [3.8, 4) is 11.5 Å². The SMILES string of the molecule is COC(=O)COc1ccc(CCC(=O)c2ccc(OC(F)(F)F)cc2)c(Cl)c1Cl. The Bertz CT molecular complexity index is 883. The molecule has 29 heavy (non-hydrogen) atoms. The van der Waals surface area contributed by atoms with Crippen LogP contribution in [0.3, 0.4) is 0 Å². The van der Waals surface area contributed by atoms with Crippen molar-refractivity contribution in [1.29, 1.82) is 0 Å². The monoisotopic (exact) mass is 450 g/mol. The summed E-state index contributed by atoms with van der Waals surface area (Å²) in [5.74, 6) is -1.09. The van der Waals surface area contributed by atoms with E-state index in [-0.39, 0.29) is 46.6 Å². The van der Waals surface area contributed by atoms with E-state index in [1.807, 2.05) is 0 Å². The van der Waals surface area contributed by atoms with Gasteiger partial charge in [-0.05, 0) is 42.3 Å². The van der Waals surface area contributed by atoms with Crippen LogP contribution in [0, 0.1) is 0 Å². The quantitative estimate of drug-likeness (QED) is 0.405. The lowest BCUT2D eigenvalue weighted by molar-refractivity contribution is -0.274. The van der Waals surface area contributed by atoms with E-state index in [0.717, 1.165) is 12.1 Å². The molecule has 0 aliphatic heterocycles. The largest absolute Gasteiger partial charge is 0.573 e. The van der Waals surface area contributed by atoms with Gasteiger partial charge in [0.05, 0.1) is 12.1 Å². The van der Waals surface area contributed by atoms with Crippen molar-refractivity contribution in [3.05, 3.63) is 57.6 Å². The lowest BCUT2D eigenvalue weighted by Crippen LogP contribution is -2.17. The maximum atomic E-state index is 12.3. The minimum absolute atomic E-state index is 0.0535. The van der Waals surface area contributed by atoms with Crippen molar-refractivity contribution in [3.63, 3.8) is 0 Å². The minimum atomic E-state index is -4.80. The number of methoxy groups -OCH3 is 1. The first-order valence-electron chi connectivity index (χ1n) is 8.16. The van der Waals surface area contributed by atoms with Crippen LogP contribution in [0.1, 0.15) is 22.3 Å². The maximum absolute atomic E-state index is 12.3. The second-order valence-corrected chi connectivity index (χ2v) is 6.47. The molecule has 2 rings (SSSR count). The van der Waals surface area contributed by atoms with E-state index in [9.17, 15) is 22.8 Å². The number of aryl methyl sites for hydroxylation is 1. The molecule has 0 heterocycles. The van der Waals surface area contributed by atoms with Gasteiger partial charge in [0.1, 0.15) is 16.5 Å². The highest BCUT2D eigenvalue weighted by Crippen LogP contribution is 2.35. The van der Waals surface area contributed by atoms with Gasteiger partial charge in [0.25, 0.3) is 0 Å². The molecule has 0 radical (unpaired) electrons. The van der Waals surface area contributed by atoms with Gasteiger partial charge in [0.15, 0.2) is 12.4 Å². The Morgan fingerprint density at radius 1 is 1.00 bits per heavy atom. The zero-order chi connectivity index (χ0) is 21.6. The number of esters is 1. The standard InChI is InChI=1S/C19H15Cl2F3O5/c1-27-16(26)10-28-15-9-5-12(17(20)18(15)21)4-8-14(25)11-2-6-13(7-3-11)29-19(22,23)24/h2-3,5-7,9H,4,8,10H2,1H3. The molecule has 2 aromatic rings. The lowest BCUT2D eigenvalue weighted by atomic mass is 10.0. The van der Waals surface area contributed by atoms with Gasteiger partial charge in [0.2, 0.25) is 0 Å². The maximum Gasteiger partial charge on any atom is 0.573 e. The number of alkyl halides is 3. The van der Waals surface area contributed by atoms with Gasteiger partial charge in [-0.15, -0.1) is 13.2 Å². The predicted octanol–water partition coefficient (Wildman–Crippen LogP) is 5.26. The molecule has 0 bridgehead atoms. The highest BCUT2D eigenvalue weighted by Gasteiger charge is 2.31. The molecule has 0 unspecified atom stereocenters. The number of rotatable bonds is 8. The van der Waals surface area contributed by atoms with E-state index in [2.05, 4.69) is 9.47 Å². The van der Waals surface area contributed by atoms with Gasteiger partial charge in [0, 0.05) is 12.0 Å². The molecule has 0 aliphatic rings. The van der Waals surface area contributed by atoms with Gasteiger partial charge in [-0.1, -0.05) is 29.3 Å². The first kappa shape index (κ1) is 22.8. The van der Waals surface area contributed by atoms with Crippen LogP contribution in [0.25, 0.3) is 0 Å². The normalized spacial score (nSPS) is 11.1. The zero-order valence-corrected chi connectivity index (χ0v) is 16.5. The van der Waals surface area contributed by atoms with Crippen LogP contribution in [0.15, 0.2) is 36.4 Å².